The number of carbonyl (C=O) groups is 1. The SMILES string of the molecule is C=CC(C)C1(C(=O)O)CCC1. The lowest BCUT2D eigenvalue weighted by Gasteiger charge is -2.41. The Morgan fingerprint density at radius 2 is 2.27 bits per heavy atom. The van der Waals surface area contributed by atoms with E-state index in [2.05, 4.69) is 6.58 Å². The molecule has 0 aliphatic heterocycles. The lowest BCUT2D eigenvalue weighted by Crippen LogP contribution is -2.42. The van der Waals surface area contributed by atoms with Gasteiger partial charge in [0.25, 0.3) is 0 Å². The molecular formula is C9H14O2. The van der Waals surface area contributed by atoms with E-state index in [1.165, 1.54) is 0 Å². The first-order valence-electron chi connectivity index (χ1n) is 3.99. The number of aliphatic carboxylic acids is 1. The van der Waals surface area contributed by atoms with Crippen molar-refractivity contribution in [3.8, 4) is 0 Å². The number of carboxylic acids is 1. The van der Waals surface area contributed by atoms with E-state index in [9.17, 15) is 4.79 Å². The van der Waals surface area contributed by atoms with Crippen LogP contribution in [0.3, 0.4) is 0 Å². The van der Waals surface area contributed by atoms with E-state index < -0.39 is 11.4 Å². The summed E-state index contributed by atoms with van der Waals surface area (Å²) in [5, 5.41) is 8.94. The minimum Gasteiger partial charge on any atom is -0.481 e. The van der Waals surface area contributed by atoms with Crippen LogP contribution in [0.4, 0.5) is 0 Å². The van der Waals surface area contributed by atoms with Crippen LogP contribution in [0.15, 0.2) is 12.7 Å². The Hall–Kier alpha value is -0.790. The van der Waals surface area contributed by atoms with Gasteiger partial charge < -0.3 is 5.11 Å². The average Bonchev–Trinajstić information content (AvgIpc) is 1.84. The van der Waals surface area contributed by atoms with Gasteiger partial charge in [0.2, 0.25) is 0 Å². The smallest absolute Gasteiger partial charge is 0.310 e. The summed E-state index contributed by atoms with van der Waals surface area (Å²) in [5.74, 6) is -0.551. The van der Waals surface area contributed by atoms with E-state index >= 15 is 0 Å². The molecule has 1 unspecified atom stereocenters. The zero-order valence-corrected chi connectivity index (χ0v) is 6.84. The van der Waals surface area contributed by atoms with Crippen LogP contribution in [-0.2, 0) is 4.79 Å². The Labute approximate surface area is 66.9 Å². The molecule has 1 fully saturated rings. The van der Waals surface area contributed by atoms with Crippen molar-refractivity contribution < 1.29 is 9.90 Å². The van der Waals surface area contributed by atoms with Crippen molar-refractivity contribution in [3.63, 3.8) is 0 Å². The second kappa shape index (κ2) is 2.68. The summed E-state index contributed by atoms with van der Waals surface area (Å²) in [6, 6.07) is 0. The Balaban J connectivity index is 2.75. The lowest BCUT2D eigenvalue weighted by atomic mass is 9.61. The quantitative estimate of drug-likeness (QED) is 0.632. The highest BCUT2D eigenvalue weighted by molar-refractivity contribution is 5.76. The van der Waals surface area contributed by atoms with Crippen LogP contribution in [0.2, 0.25) is 0 Å². The topological polar surface area (TPSA) is 37.3 Å². The third-order valence-corrected chi connectivity index (χ3v) is 2.90. The minimum atomic E-state index is -0.656. The van der Waals surface area contributed by atoms with E-state index in [1.54, 1.807) is 6.08 Å². The van der Waals surface area contributed by atoms with Gasteiger partial charge >= 0.3 is 5.97 Å². The standard InChI is InChI=1S/C9H14O2/c1-3-7(2)9(8(10)11)5-4-6-9/h3,7H,1,4-6H2,2H3,(H,10,11). The van der Waals surface area contributed by atoms with Gasteiger partial charge in [0.15, 0.2) is 0 Å². The maximum atomic E-state index is 10.9. The highest BCUT2D eigenvalue weighted by atomic mass is 16.4. The monoisotopic (exact) mass is 154 g/mol. The van der Waals surface area contributed by atoms with E-state index in [1.807, 2.05) is 6.92 Å². The summed E-state index contributed by atoms with van der Waals surface area (Å²) >= 11 is 0. The van der Waals surface area contributed by atoms with Crippen molar-refractivity contribution in [2.45, 2.75) is 26.2 Å². The van der Waals surface area contributed by atoms with Crippen LogP contribution in [0.25, 0.3) is 0 Å². The second-order valence-electron chi connectivity index (χ2n) is 3.34. The van der Waals surface area contributed by atoms with Crippen molar-refractivity contribution in [1.29, 1.82) is 0 Å². The first kappa shape index (κ1) is 8.31. The molecule has 0 heterocycles. The molecule has 1 rings (SSSR count). The number of rotatable bonds is 3. The third-order valence-electron chi connectivity index (χ3n) is 2.90. The third kappa shape index (κ3) is 1.06. The van der Waals surface area contributed by atoms with E-state index in [0.29, 0.717) is 0 Å². The van der Waals surface area contributed by atoms with Crippen molar-refractivity contribution in [3.05, 3.63) is 12.7 Å². The van der Waals surface area contributed by atoms with Crippen LogP contribution in [0.5, 0.6) is 0 Å². The maximum absolute atomic E-state index is 10.9. The molecule has 0 amide bonds. The minimum absolute atomic E-state index is 0.105. The average molecular weight is 154 g/mol. The van der Waals surface area contributed by atoms with Gasteiger partial charge in [-0.15, -0.1) is 6.58 Å². The molecule has 62 valence electrons. The van der Waals surface area contributed by atoms with Crippen LogP contribution < -0.4 is 0 Å². The first-order chi connectivity index (χ1) is 5.13. The fraction of sp³-hybridized carbons (Fsp3) is 0.667. The fourth-order valence-electron chi connectivity index (χ4n) is 1.65. The predicted octanol–water partition coefficient (Wildman–Crippen LogP) is 2.06. The molecule has 0 aromatic carbocycles. The highest BCUT2D eigenvalue weighted by Crippen LogP contribution is 2.47. The Bertz CT molecular complexity index is 180. The number of allylic oxidation sites excluding steroid dienone is 1. The van der Waals surface area contributed by atoms with Crippen molar-refractivity contribution >= 4 is 5.97 Å². The van der Waals surface area contributed by atoms with Crippen molar-refractivity contribution in [2.24, 2.45) is 11.3 Å². The summed E-state index contributed by atoms with van der Waals surface area (Å²) < 4.78 is 0. The fourth-order valence-corrected chi connectivity index (χ4v) is 1.65. The molecule has 1 aliphatic rings. The molecule has 1 N–H and O–H groups in total. The van der Waals surface area contributed by atoms with Gasteiger partial charge in [0.05, 0.1) is 5.41 Å². The maximum Gasteiger partial charge on any atom is 0.310 e. The molecule has 2 nitrogen and oxygen atoms in total. The largest absolute Gasteiger partial charge is 0.481 e. The normalized spacial score (nSPS) is 23.4. The molecule has 2 heteroatoms. The van der Waals surface area contributed by atoms with Gasteiger partial charge in [-0.2, -0.15) is 0 Å². The van der Waals surface area contributed by atoms with Gasteiger partial charge in [-0.05, 0) is 18.8 Å². The van der Waals surface area contributed by atoms with Gasteiger partial charge in [-0.3, -0.25) is 4.79 Å². The molecule has 0 bridgehead atoms. The van der Waals surface area contributed by atoms with E-state index in [4.69, 9.17) is 5.11 Å². The molecule has 0 spiro atoms. The van der Waals surface area contributed by atoms with E-state index in [0.717, 1.165) is 19.3 Å². The Kier molecular flexibility index (Phi) is 2.03. The summed E-state index contributed by atoms with van der Waals surface area (Å²) in [6.45, 7) is 5.56. The molecule has 0 saturated heterocycles. The van der Waals surface area contributed by atoms with Crippen LogP contribution >= 0.6 is 0 Å². The van der Waals surface area contributed by atoms with Gasteiger partial charge in [-0.1, -0.05) is 19.4 Å². The van der Waals surface area contributed by atoms with Crippen molar-refractivity contribution in [1.82, 2.24) is 0 Å². The lowest BCUT2D eigenvalue weighted by molar-refractivity contribution is -0.157. The van der Waals surface area contributed by atoms with Crippen LogP contribution in [0, 0.1) is 11.3 Å². The molecule has 11 heavy (non-hydrogen) atoms. The van der Waals surface area contributed by atoms with Crippen LogP contribution in [0.1, 0.15) is 26.2 Å². The molecule has 0 aromatic heterocycles. The highest BCUT2D eigenvalue weighted by Gasteiger charge is 2.47. The molecule has 0 aromatic rings. The Morgan fingerprint density at radius 3 is 2.36 bits per heavy atom. The number of hydrogen-bond donors (Lipinski definition) is 1. The second-order valence-corrected chi connectivity index (χ2v) is 3.34. The summed E-state index contributed by atoms with van der Waals surface area (Å²) in [5.41, 5.74) is -0.470. The van der Waals surface area contributed by atoms with Crippen LogP contribution in [-0.4, -0.2) is 11.1 Å². The van der Waals surface area contributed by atoms with Crippen molar-refractivity contribution in [2.75, 3.05) is 0 Å². The molecule has 1 aliphatic carbocycles. The zero-order valence-electron chi connectivity index (χ0n) is 6.84. The van der Waals surface area contributed by atoms with E-state index in [-0.39, 0.29) is 5.92 Å². The summed E-state index contributed by atoms with van der Waals surface area (Å²) in [7, 11) is 0. The molecule has 0 radical (unpaired) electrons. The van der Waals surface area contributed by atoms with Gasteiger partial charge in [-0.25, -0.2) is 0 Å². The molecule has 1 saturated carbocycles. The van der Waals surface area contributed by atoms with Gasteiger partial charge in [0, 0.05) is 0 Å². The molecule has 1 atom stereocenters. The Morgan fingerprint density at radius 1 is 1.73 bits per heavy atom. The zero-order chi connectivity index (χ0) is 8.48. The number of hydrogen-bond acceptors (Lipinski definition) is 1. The first-order valence-corrected chi connectivity index (χ1v) is 3.99. The number of carboxylic acid groups (broad SMARTS) is 1. The van der Waals surface area contributed by atoms with Gasteiger partial charge in [0.1, 0.15) is 0 Å². The summed E-state index contributed by atoms with van der Waals surface area (Å²) in [4.78, 5) is 10.9. The molecular weight excluding hydrogens is 140 g/mol. The predicted molar refractivity (Wildman–Crippen MR) is 43.3 cm³/mol. The summed E-state index contributed by atoms with van der Waals surface area (Å²) in [6.07, 6.45) is 4.42.